The van der Waals surface area contributed by atoms with E-state index >= 15 is 0 Å². The number of carbonyl (C=O) groups is 1. The van der Waals surface area contributed by atoms with Crippen molar-refractivity contribution in [1.29, 1.82) is 0 Å². The Labute approximate surface area is 149 Å². The first-order valence-electron chi connectivity index (χ1n) is 7.49. The number of sulfonamides is 1. The molecule has 0 fully saturated rings. The molecule has 0 aliphatic carbocycles. The zero-order valence-corrected chi connectivity index (χ0v) is 15.0. The summed E-state index contributed by atoms with van der Waals surface area (Å²) in [4.78, 5) is 16.0. The SMILES string of the molecule is O=C(Cc1csc(NS(=O)(=O)c2ccccc2)n1)NCCOCCO. The number of thiazole rings is 1. The maximum Gasteiger partial charge on any atom is 0.263 e. The van der Waals surface area contributed by atoms with E-state index in [0.29, 0.717) is 18.8 Å². The van der Waals surface area contributed by atoms with Crippen LogP contribution in [-0.4, -0.2) is 50.8 Å². The van der Waals surface area contributed by atoms with Crippen LogP contribution >= 0.6 is 11.3 Å². The smallest absolute Gasteiger partial charge is 0.263 e. The molecule has 1 aromatic heterocycles. The van der Waals surface area contributed by atoms with Crippen LogP contribution in [0, 0.1) is 0 Å². The highest BCUT2D eigenvalue weighted by Gasteiger charge is 2.16. The van der Waals surface area contributed by atoms with E-state index < -0.39 is 10.0 Å². The second-order valence-electron chi connectivity index (χ2n) is 4.93. The number of rotatable bonds is 10. The molecule has 0 aliphatic rings. The standard InChI is InChI=1S/C15H19N3O5S2/c19-7-9-23-8-6-16-14(20)10-12-11-24-15(17-12)18-25(21,22)13-4-2-1-3-5-13/h1-5,11,19H,6-10H2,(H,16,20)(H,17,18). The van der Waals surface area contributed by atoms with E-state index in [2.05, 4.69) is 15.0 Å². The third-order valence-electron chi connectivity index (χ3n) is 2.97. The summed E-state index contributed by atoms with van der Waals surface area (Å²) in [7, 11) is -3.69. The molecule has 0 saturated heterocycles. The van der Waals surface area contributed by atoms with Gasteiger partial charge in [-0.15, -0.1) is 11.3 Å². The number of nitrogens with one attached hydrogen (secondary N) is 2. The molecule has 3 N–H and O–H groups in total. The average Bonchev–Trinajstić information content (AvgIpc) is 3.01. The summed E-state index contributed by atoms with van der Waals surface area (Å²) in [6.45, 7) is 0.809. The highest BCUT2D eigenvalue weighted by molar-refractivity contribution is 7.93. The monoisotopic (exact) mass is 385 g/mol. The topological polar surface area (TPSA) is 118 Å². The highest BCUT2D eigenvalue weighted by Crippen LogP contribution is 2.20. The minimum Gasteiger partial charge on any atom is -0.394 e. The number of benzene rings is 1. The van der Waals surface area contributed by atoms with Gasteiger partial charge in [0.1, 0.15) is 0 Å². The first kappa shape index (κ1) is 19.3. The molecule has 2 rings (SSSR count). The molecule has 25 heavy (non-hydrogen) atoms. The lowest BCUT2D eigenvalue weighted by atomic mass is 10.3. The van der Waals surface area contributed by atoms with E-state index in [0.717, 1.165) is 11.3 Å². The van der Waals surface area contributed by atoms with Crippen LogP contribution < -0.4 is 10.0 Å². The lowest BCUT2D eigenvalue weighted by Gasteiger charge is -2.05. The van der Waals surface area contributed by atoms with Crippen molar-refractivity contribution in [2.24, 2.45) is 0 Å². The van der Waals surface area contributed by atoms with Gasteiger partial charge in [-0.3, -0.25) is 9.52 Å². The molecule has 0 spiro atoms. The number of aliphatic hydroxyl groups is 1. The number of anilines is 1. The molecular formula is C15H19N3O5S2. The number of ether oxygens (including phenoxy) is 1. The normalized spacial score (nSPS) is 11.2. The van der Waals surface area contributed by atoms with Gasteiger partial charge in [-0.1, -0.05) is 18.2 Å². The van der Waals surface area contributed by atoms with Gasteiger partial charge in [0.05, 0.1) is 36.8 Å². The third kappa shape index (κ3) is 6.42. The van der Waals surface area contributed by atoms with Gasteiger partial charge in [0, 0.05) is 11.9 Å². The van der Waals surface area contributed by atoms with Crippen LogP contribution in [0.15, 0.2) is 40.6 Å². The van der Waals surface area contributed by atoms with E-state index in [1.54, 1.807) is 23.6 Å². The number of aromatic nitrogens is 1. The van der Waals surface area contributed by atoms with Gasteiger partial charge in [0.15, 0.2) is 5.13 Å². The molecule has 136 valence electrons. The molecule has 0 unspecified atom stereocenters. The third-order valence-corrected chi connectivity index (χ3v) is 5.26. The number of aliphatic hydroxyl groups excluding tert-OH is 1. The van der Waals surface area contributed by atoms with Crippen LogP contribution in [0.5, 0.6) is 0 Å². The van der Waals surface area contributed by atoms with E-state index in [-0.39, 0.29) is 35.6 Å². The molecule has 0 radical (unpaired) electrons. The highest BCUT2D eigenvalue weighted by atomic mass is 32.2. The Kier molecular flexibility index (Phi) is 7.31. The Hall–Kier alpha value is -2.01. The second kappa shape index (κ2) is 9.47. The van der Waals surface area contributed by atoms with Crippen molar-refractivity contribution in [3.05, 3.63) is 41.4 Å². The number of nitrogens with zero attached hydrogens (tertiary/aromatic N) is 1. The van der Waals surface area contributed by atoms with Crippen molar-refractivity contribution in [2.45, 2.75) is 11.3 Å². The van der Waals surface area contributed by atoms with E-state index in [1.165, 1.54) is 12.1 Å². The van der Waals surface area contributed by atoms with Gasteiger partial charge in [-0.25, -0.2) is 13.4 Å². The Morgan fingerprint density at radius 2 is 2.00 bits per heavy atom. The fourth-order valence-corrected chi connectivity index (χ4v) is 3.85. The van der Waals surface area contributed by atoms with Crippen LogP contribution in [0.25, 0.3) is 0 Å². The molecule has 10 heteroatoms. The van der Waals surface area contributed by atoms with Crippen molar-refractivity contribution in [2.75, 3.05) is 31.1 Å². The van der Waals surface area contributed by atoms with Crippen molar-refractivity contribution in [1.82, 2.24) is 10.3 Å². The van der Waals surface area contributed by atoms with Gasteiger partial charge < -0.3 is 15.2 Å². The Morgan fingerprint density at radius 1 is 1.24 bits per heavy atom. The van der Waals surface area contributed by atoms with Crippen molar-refractivity contribution >= 4 is 32.4 Å². The molecule has 2 aromatic rings. The van der Waals surface area contributed by atoms with Crippen LogP contribution in [0.3, 0.4) is 0 Å². The molecular weight excluding hydrogens is 366 g/mol. The average molecular weight is 385 g/mol. The van der Waals surface area contributed by atoms with Crippen LogP contribution in [-0.2, 0) is 26.0 Å². The zero-order valence-electron chi connectivity index (χ0n) is 13.3. The molecule has 0 bridgehead atoms. The Bertz CT molecular complexity index is 777. The fraction of sp³-hybridized carbons (Fsp3) is 0.333. The summed E-state index contributed by atoms with van der Waals surface area (Å²) in [5, 5.41) is 13.0. The zero-order chi connectivity index (χ0) is 18.1. The number of hydrogen-bond acceptors (Lipinski definition) is 7. The Morgan fingerprint density at radius 3 is 2.72 bits per heavy atom. The predicted molar refractivity (Wildman–Crippen MR) is 94.0 cm³/mol. The minimum absolute atomic E-state index is 0.0452. The summed E-state index contributed by atoms with van der Waals surface area (Å²) >= 11 is 1.11. The predicted octanol–water partition coefficient (Wildman–Crippen LogP) is 0.611. The van der Waals surface area contributed by atoms with Crippen LogP contribution in [0.1, 0.15) is 5.69 Å². The van der Waals surface area contributed by atoms with Crippen molar-refractivity contribution in [3.63, 3.8) is 0 Å². The quantitative estimate of drug-likeness (QED) is 0.516. The van der Waals surface area contributed by atoms with Gasteiger partial charge in [-0.05, 0) is 12.1 Å². The van der Waals surface area contributed by atoms with E-state index in [4.69, 9.17) is 9.84 Å². The molecule has 0 atom stereocenters. The summed E-state index contributed by atoms with van der Waals surface area (Å²) < 4.78 is 31.8. The molecule has 8 nitrogen and oxygen atoms in total. The van der Waals surface area contributed by atoms with Crippen molar-refractivity contribution < 1.29 is 23.1 Å². The van der Waals surface area contributed by atoms with Gasteiger partial charge in [0.2, 0.25) is 5.91 Å². The summed E-state index contributed by atoms with van der Waals surface area (Å²) in [5.74, 6) is -0.240. The molecule has 0 saturated carbocycles. The summed E-state index contributed by atoms with van der Waals surface area (Å²) in [6.07, 6.45) is 0.0452. The van der Waals surface area contributed by atoms with Gasteiger partial charge in [-0.2, -0.15) is 0 Å². The summed E-state index contributed by atoms with van der Waals surface area (Å²) in [5.41, 5.74) is 0.476. The number of hydrogen-bond donors (Lipinski definition) is 3. The van der Waals surface area contributed by atoms with E-state index in [9.17, 15) is 13.2 Å². The molecule has 0 aliphatic heterocycles. The second-order valence-corrected chi connectivity index (χ2v) is 7.47. The van der Waals surface area contributed by atoms with Gasteiger partial charge >= 0.3 is 0 Å². The molecule has 1 amide bonds. The van der Waals surface area contributed by atoms with Crippen LogP contribution in [0.4, 0.5) is 5.13 Å². The Balaban J connectivity index is 1.85. The van der Waals surface area contributed by atoms with Gasteiger partial charge in [0.25, 0.3) is 10.0 Å². The lowest BCUT2D eigenvalue weighted by molar-refractivity contribution is -0.120. The fourth-order valence-electron chi connectivity index (χ4n) is 1.86. The van der Waals surface area contributed by atoms with E-state index in [1.807, 2.05) is 0 Å². The molecule has 1 aromatic carbocycles. The largest absolute Gasteiger partial charge is 0.394 e. The summed E-state index contributed by atoms with van der Waals surface area (Å²) in [6, 6.07) is 7.98. The first-order chi connectivity index (χ1) is 12.0. The first-order valence-corrected chi connectivity index (χ1v) is 9.85. The maximum atomic E-state index is 12.2. The number of amides is 1. The van der Waals surface area contributed by atoms with Crippen LogP contribution in [0.2, 0.25) is 0 Å². The van der Waals surface area contributed by atoms with Crippen molar-refractivity contribution in [3.8, 4) is 0 Å². The minimum atomic E-state index is -3.69. The lowest BCUT2D eigenvalue weighted by Crippen LogP contribution is -2.29. The maximum absolute atomic E-state index is 12.2. The number of carbonyl (C=O) groups excluding carboxylic acids is 1. The molecule has 1 heterocycles.